The maximum Gasteiger partial charge on any atom is 0.405 e. The van der Waals surface area contributed by atoms with Crippen LogP contribution in [0, 0.1) is 11.1 Å². The summed E-state index contributed by atoms with van der Waals surface area (Å²) in [5.74, 6) is -4.36. The van der Waals surface area contributed by atoms with E-state index < -0.39 is 60.1 Å². The second-order valence-corrected chi connectivity index (χ2v) is 5.99. The highest BCUT2D eigenvalue weighted by atomic mass is 16.9. The fourth-order valence-corrected chi connectivity index (χ4v) is 2.97. The van der Waals surface area contributed by atoms with Crippen molar-refractivity contribution in [3.63, 3.8) is 0 Å². The molecule has 0 radical (unpaired) electrons. The minimum atomic E-state index is -1.35. The number of fused-ring (bicyclic) bond motifs is 1. The third-order valence-corrected chi connectivity index (χ3v) is 3.90. The van der Waals surface area contributed by atoms with Crippen LogP contribution in [0.5, 0.6) is 0 Å². The quantitative estimate of drug-likeness (QED) is 0.312. The van der Waals surface area contributed by atoms with Gasteiger partial charge in [-0.25, -0.2) is 4.79 Å². The van der Waals surface area contributed by atoms with E-state index >= 15 is 0 Å². The van der Waals surface area contributed by atoms with Gasteiger partial charge in [-0.2, -0.15) is 0 Å². The number of carbonyl (C=O) groups is 4. The highest BCUT2D eigenvalue weighted by Crippen LogP contribution is 2.36. The summed E-state index contributed by atoms with van der Waals surface area (Å²) in [4.78, 5) is 51.5. The van der Waals surface area contributed by atoms with E-state index in [0.29, 0.717) is 0 Å². The summed E-state index contributed by atoms with van der Waals surface area (Å²) in [6.07, 6.45) is -5.07. The van der Waals surface area contributed by atoms with Crippen molar-refractivity contribution in [3.8, 4) is 0 Å². The van der Waals surface area contributed by atoms with Crippen LogP contribution in [-0.4, -0.2) is 72.3 Å². The van der Waals surface area contributed by atoms with Crippen molar-refractivity contribution in [2.24, 2.45) is 5.92 Å². The molecule has 156 valence electrons. The molecule has 2 heterocycles. The minimum Gasteiger partial charge on any atom is -0.463 e. The lowest BCUT2D eigenvalue weighted by Crippen LogP contribution is -2.60. The van der Waals surface area contributed by atoms with E-state index in [1.54, 1.807) is 6.92 Å². The third kappa shape index (κ3) is 4.68. The van der Waals surface area contributed by atoms with Crippen molar-refractivity contribution in [1.82, 2.24) is 0 Å². The zero-order valence-electron chi connectivity index (χ0n) is 15.7. The fourth-order valence-electron chi connectivity index (χ4n) is 2.97. The van der Waals surface area contributed by atoms with Crippen LogP contribution in [0.15, 0.2) is 0 Å². The molecule has 0 aromatic rings. The Morgan fingerprint density at radius 2 is 1.61 bits per heavy atom. The van der Waals surface area contributed by atoms with Crippen molar-refractivity contribution in [2.45, 2.75) is 52.3 Å². The summed E-state index contributed by atoms with van der Waals surface area (Å²) in [7, 11) is 0. The summed E-state index contributed by atoms with van der Waals surface area (Å²) >= 11 is 0. The molecule has 28 heavy (non-hydrogen) atoms. The van der Waals surface area contributed by atoms with Gasteiger partial charge in [-0.3, -0.25) is 19.6 Å². The Balaban J connectivity index is 2.42. The molecule has 0 aromatic heterocycles. The predicted octanol–water partition coefficient (Wildman–Crippen LogP) is -0.786. The fraction of sp³-hybridized carbons (Fsp3) is 0.688. The smallest absolute Gasteiger partial charge is 0.405 e. The number of hydrogen-bond acceptors (Lipinski definition) is 11. The first-order chi connectivity index (χ1) is 13.1. The van der Waals surface area contributed by atoms with E-state index in [2.05, 4.69) is 0 Å². The first kappa shape index (κ1) is 21.4. The molecule has 12 nitrogen and oxygen atoms in total. The van der Waals surface area contributed by atoms with E-state index in [9.17, 15) is 24.4 Å². The Hall–Kier alpha value is -2.89. The normalized spacial score (nSPS) is 28.6. The molecule has 2 aliphatic heterocycles. The van der Waals surface area contributed by atoms with E-state index in [-0.39, 0.29) is 18.1 Å². The van der Waals surface area contributed by atoms with E-state index in [1.165, 1.54) is 0 Å². The van der Waals surface area contributed by atoms with Crippen LogP contribution in [0.25, 0.3) is 0 Å². The van der Waals surface area contributed by atoms with E-state index in [4.69, 9.17) is 28.5 Å². The largest absolute Gasteiger partial charge is 0.463 e. The van der Waals surface area contributed by atoms with Crippen LogP contribution in [0.1, 0.15) is 27.7 Å². The number of ether oxygens (including phenoxy) is 5. The van der Waals surface area contributed by atoms with Gasteiger partial charge in [0.15, 0.2) is 18.5 Å². The average molecular weight is 403 g/mol. The molecule has 2 rings (SSSR count). The molecule has 1 saturated heterocycles. The monoisotopic (exact) mass is 403 g/mol. The standard InChI is InChI=1S/C16H21NO11/c1-5-23-15(21)12-11-14(26-9(4)20)13(25-8(3)19)10(6-24-7(2)18)27-16(11)28-17(12)22/h10-11,13-14,16H,5-6H2,1-4H3/t10-,11-,13+,14+,16-/m1/s1. The highest BCUT2D eigenvalue weighted by molar-refractivity contribution is 6.35. The van der Waals surface area contributed by atoms with E-state index in [1.807, 2.05) is 0 Å². The van der Waals surface area contributed by atoms with Crippen LogP contribution in [0.4, 0.5) is 0 Å². The van der Waals surface area contributed by atoms with Gasteiger partial charge in [0.25, 0.3) is 0 Å². The highest BCUT2D eigenvalue weighted by Gasteiger charge is 2.60. The summed E-state index contributed by atoms with van der Waals surface area (Å²) in [5.41, 5.74) is -0.499. The minimum absolute atomic E-state index is 0.0187. The molecule has 0 unspecified atom stereocenters. The molecule has 0 spiro atoms. The zero-order valence-corrected chi connectivity index (χ0v) is 15.7. The zero-order chi connectivity index (χ0) is 21.0. The number of rotatable bonds is 6. The first-order valence-corrected chi connectivity index (χ1v) is 8.46. The van der Waals surface area contributed by atoms with Gasteiger partial charge in [0.2, 0.25) is 0 Å². The van der Waals surface area contributed by atoms with Crippen LogP contribution in [0.2, 0.25) is 0 Å². The van der Waals surface area contributed by atoms with Crippen molar-refractivity contribution in [2.75, 3.05) is 13.2 Å². The third-order valence-electron chi connectivity index (χ3n) is 3.90. The van der Waals surface area contributed by atoms with Gasteiger partial charge < -0.3 is 28.5 Å². The molecular weight excluding hydrogens is 382 g/mol. The second kappa shape index (κ2) is 8.87. The molecule has 1 fully saturated rings. The second-order valence-electron chi connectivity index (χ2n) is 5.99. The van der Waals surface area contributed by atoms with Crippen molar-refractivity contribution < 1.29 is 52.6 Å². The van der Waals surface area contributed by atoms with Crippen molar-refractivity contribution in [1.29, 1.82) is 0 Å². The Morgan fingerprint density at radius 3 is 2.14 bits per heavy atom. The molecule has 0 aliphatic carbocycles. The lowest BCUT2D eigenvalue weighted by atomic mass is 9.87. The van der Waals surface area contributed by atoms with Crippen LogP contribution in [-0.2, 0) is 47.7 Å². The molecular formula is C16H21NO11. The molecule has 0 aromatic carbocycles. The summed E-state index contributed by atoms with van der Waals surface area (Å²) in [6, 6.07) is 0. The van der Waals surface area contributed by atoms with Gasteiger partial charge in [-0.1, -0.05) is 0 Å². The maximum absolute atomic E-state index is 12.2. The lowest BCUT2D eigenvalue weighted by molar-refractivity contribution is -0.753. The number of esters is 4. The van der Waals surface area contributed by atoms with Crippen molar-refractivity contribution >= 4 is 29.6 Å². The predicted molar refractivity (Wildman–Crippen MR) is 86.2 cm³/mol. The Kier molecular flexibility index (Phi) is 6.78. The topological polar surface area (TPSA) is 150 Å². The molecule has 5 atom stereocenters. The molecule has 12 heteroatoms. The van der Waals surface area contributed by atoms with Gasteiger partial charge in [-0.05, 0) is 6.92 Å². The molecule has 0 N–H and O–H groups in total. The van der Waals surface area contributed by atoms with E-state index in [0.717, 1.165) is 20.8 Å². The first-order valence-electron chi connectivity index (χ1n) is 8.46. The Labute approximate surface area is 159 Å². The Morgan fingerprint density at radius 1 is 1.00 bits per heavy atom. The summed E-state index contributed by atoms with van der Waals surface area (Å²) in [5, 5.41) is 12.1. The number of hydrogen-bond donors (Lipinski definition) is 0. The number of nitrogens with zero attached hydrogens (tertiary/aromatic N) is 1. The molecule has 0 bridgehead atoms. The van der Waals surface area contributed by atoms with Gasteiger partial charge in [0.05, 0.1) is 11.5 Å². The number of carbonyl (C=O) groups excluding carboxylic acids is 4. The van der Waals surface area contributed by atoms with Crippen molar-refractivity contribution in [3.05, 3.63) is 5.21 Å². The SMILES string of the molecule is CCOC(=O)C1=[N+]([O-])O[C@H]2O[C@H](COC(C)=O)[C@H](OC(C)=O)[C@@H](OC(C)=O)[C@@H]12. The van der Waals surface area contributed by atoms with Crippen LogP contribution in [0.3, 0.4) is 0 Å². The Bertz CT molecular complexity index is 688. The van der Waals surface area contributed by atoms with Crippen LogP contribution >= 0.6 is 0 Å². The molecule has 2 aliphatic rings. The maximum atomic E-state index is 12.2. The van der Waals surface area contributed by atoms with Gasteiger partial charge in [0, 0.05) is 20.8 Å². The van der Waals surface area contributed by atoms with Crippen LogP contribution < -0.4 is 0 Å². The molecule has 0 amide bonds. The summed E-state index contributed by atoms with van der Waals surface area (Å²) < 4.78 is 25.8. The van der Waals surface area contributed by atoms with Gasteiger partial charge in [-0.15, -0.1) is 0 Å². The molecule has 0 saturated carbocycles. The average Bonchev–Trinajstić information content (AvgIpc) is 2.90. The van der Waals surface area contributed by atoms with Gasteiger partial charge in [0.1, 0.15) is 18.6 Å². The van der Waals surface area contributed by atoms with Gasteiger partial charge >= 0.3 is 29.6 Å². The summed E-state index contributed by atoms with van der Waals surface area (Å²) in [6.45, 7) is 4.53. The lowest BCUT2D eigenvalue weighted by Gasteiger charge is -2.41.